The molecule has 0 unspecified atom stereocenters. The van der Waals surface area contributed by atoms with E-state index in [9.17, 15) is 35.5 Å². The molecular formula is C11H9F7O2. The number of carboxylic acids is 1. The largest absolute Gasteiger partial charge is 0.481 e. The summed E-state index contributed by atoms with van der Waals surface area (Å²) in [5, 5.41) is 8.84. The number of halogens is 7. The van der Waals surface area contributed by atoms with Crippen LogP contribution in [0.15, 0.2) is 12.2 Å². The Morgan fingerprint density at radius 2 is 1.50 bits per heavy atom. The molecule has 0 radical (unpaired) electrons. The van der Waals surface area contributed by atoms with Gasteiger partial charge in [0.25, 0.3) is 0 Å². The van der Waals surface area contributed by atoms with Crippen molar-refractivity contribution in [3.8, 4) is 0 Å². The second kappa shape index (κ2) is 4.11. The summed E-state index contributed by atoms with van der Waals surface area (Å²) in [6, 6.07) is 0. The summed E-state index contributed by atoms with van der Waals surface area (Å²) in [7, 11) is 0. The number of hydrogen-bond donors (Lipinski definition) is 1. The Hall–Kier alpha value is -1.28. The maximum atomic E-state index is 13.7. The SMILES string of the molecule is O=C(O)[C@H]1[C@H](C(F)(F)C(F)(F)C(F)(F)F)[C@H]2C=C[C@@H]1C2. The molecule has 1 N–H and O–H groups in total. The van der Waals surface area contributed by atoms with E-state index in [0.29, 0.717) is 0 Å². The third kappa shape index (κ3) is 1.81. The highest BCUT2D eigenvalue weighted by Gasteiger charge is 2.78. The van der Waals surface area contributed by atoms with Crippen molar-refractivity contribution in [1.29, 1.82) is 0 Å². The smallest absolute Gasteiger partial charge is 0.459 e. The fourth-order valence-corrected chi connectivity index (χ4v) is 3.05. The minimum absolute atomic E-state index is 0.148. The normalized spacial score (nSPS) is 33.8. The molecule has 2 rings (SSSR count). The molecule has 20 heavy (non-hydrogen) atoms. The van der Waals surface area contributed by atoms with E-state index in [0.717, 1.165) is 6.08 Å². The third-order valence-electron chi connectivity index (χ3n) is 3.94. The molecule has 1 saturated carbocycles. The lowest BCUT2D eigenvalue weighted by molar-refractivity contribution is -0.369. The van der Waals surface area contributed by atoms with Crippen molar-refractivity contribution >= 4 is 5.97 Å². The van der Waals surface area contributed by atoms with E-state index in [4.69, 9.17) is 5.11 Å². The van der Waals surface area contributed by atoms with Gasteiger partial charge in [-0.15, -0.1) is 0 Å². The highest BCUT2D eigenvalue weighted by Crippen LogP contribution is 2.60. The van der Waals surface area contributed by atoms with E-state index in [2.05, 4.69) is 0 Å². The van der Waals surface area contributed by atoms with Gasteiger partial charge < -0.3 is 5.11 Å². The molecule has 0 aromatic rings. The molecule has 2 aliphatic rings. The molecule has 2 nitrogen and oxygen atoms in total. The zero-order chi connectivity index (χ0) is 15.5. The first-order chi connectivity index (χ1) is 8.91. The van der Waals surface area contributed by atoms with Crippen molar-refractivity contribution in [2.24, 2.45) is 23.7 Å². The highest BCUT2D eigenvalue weighted by atomic mass is 19.4. The molecular weight excluding hydrogens is 297 g/mol. The Morgan fingerprint density at radius 3 is 1.95 bits per heavy atom. The van der Waals surface area contributed by atoms with Crippen LogP contribution in [0, 0.1) is 23.7 Å². The molecule has 0 spiro atoms. The average molecular weight is 306 g/mol. The van der Waals surface area contributed by atoms with E-state index in [1.807, 2.05) is 0 Å². The van der Waals surface area contributed by atoms with Crippen molar-refractivity contribution in [3.63, 3.8) is 0 Å². The van der Waals surface area contributed by atoms with E-state index < -0.39 is 47.7 Å². The Morgan fingerprint density at radius 1 is 1.00 bits per heavy atom. The summed E-state index contributed by atoms with van der Waals surface area (Å²) in [6.45, 7) is 0. The zero-order valence-corrected chi connectivity index (χ0v) is 9.67. The maximum absolute atomic E-state index is 13.7. The molecule has 0 aromatic carbocycles. The van der Waals surface area contributed by atoms with E-state index >= 15 is 0 Å². The van der Waals surface area contributed by atoms with Crippen LogP contribution in [0.25, 0.3) is 0 Å². The average Bonchev–Trinajstić information content (AvgIpc) is 2.86. The first-order valence-corrected chi connectivity index (χ1v) is 5.64. The number of aliphatic carboxylic acids is 1. The minimum Gasteiger partial charge on any atom is -0.481 e. The summed E-state index contributed by atoms with van der Waals surface area (Å²) >= 11 is 0. The van der Waals surface area contributed by atoms with Crippen LogP contribution in [0.3, 0.4) is 0 Å². The summed E-state index contributed by atoms with van der Waals surface area (Å²) in [6.07, 6.45) is -4.22. The van der Waals surface area contributed by atoms with E-state index in [-0.39, 0.29) is 6.42 Å². The number of fused-ring (bicyclic) bond motifs is 2. The first-order valence-electron chi connectivity index (χ1n) is 5.64. The summed E-state index contributed by atoms with van der Waals surface area (Å²) < 4.78 is 89.9. The molecule has 0 amide bonds. The minimum atomic E-state index is -6.44. The molecule has 2 bridgehead atoms. The highest BCUT2D eigenvalue weighted by molar-refractivity contribution is 5.72. The fraction of sp³-hybridized carbons (Fsp3) is 0.727. The predicted molar refractivity (Wildman–Crippen MR) is 51.3 cm³/mol. The van der Waals surface area contributed by atoms with Crippen molar-refractivity contribution in [2.45, 2.75) is 24.4 Å². The van der Waals surface area contributed by atoms with E-state index in [1.165, 1.54) is 6.08 Å². The van der Waals surface area contributed by atoms with Gasteiger partial charge in [-0.2, -0.15) is 30.7 Å². The second-order valence-electron chi connectivity index (χ2n) is 5.03. The van der Waals surface area contributed by atoms with Crippen LogP contribution in [0.5, 0.6) is 0 Å². The molecule has 0 aliphatic heterocycles. The molecule has 2 aliphatic carbocycles. The molecule has 0 heterocycles. The Bertz CT molecular complexity index is 454. The van der Waals surface area contributed by atoms with Crippen LogP contribution < -0.4 is 0 Å². The number of allylic oxidation sites excluding steroid dienone is 2. The van der Waals surface area contributed by atoms with Gasteiger partial charge in [-0.1, -0.05) is 12.2 Å². The van der Waals surface area contributed by atoms with Crippen LogP contribution >= 0.6 is 0 Å². The van der Waals surface area contributed by atoms with Crippen LogP contribution in [0.2, 0.25) is 0 Å². The van der Waals surface area contributed by atoms with Gasteiger partial charge in [-0.3, -0.25) is 4.79 Å². The van der Waals surface area contributed by atoms with Crippen molar-refractivity contribution in [1.82, 2.24) is 0 Å². The maximum Gasteiger partial charge on any atom is 0.459 e. The fourth-order valence-electron chi connectivity index (χ4n) is 3.05. The summed E-state index contributed by atoms with van der Waals surface area (Å²) in [5.74, 6) is -20.2. The Kier molecular flexibility index (Phi) is 3.11. The van der Waals surface area contributed by atoms with Crippen LogP contribution in [0.1, 0.15) is 6.42 Å². The quantitative estimate of drug-likeness (QED) is 0.641. The second-order valence-corrected chi connectivity index (χ2v) is 5.03. The van der Waals surface area contributed by atoms with Gasteiger partial charge in [0.05, 0.1) is 5.92 Å². The van der Waals surface area contributed by atoms with Gasteiger partial charge in [0.1, 0.15) is 0 Å². The monoisotopic (exact) mass is 306 g/mol. The molecule has 114 valence electrons. The van der Waals surface area contributed by atoms with E-state index in [1.54, 1.807) is 0 Å². The lowest BCUT2D eigenvalue weighted by Gasteiger charge is -2.37. The van der Waals surface area contributed by atoms with Gasteiger partial charge in [-0.05, 0) is 18.3 Å². The van der Waals surface area contributed by atoms with Crippen LogP contribution in [-0.4, -0.2) is 29.1 Å². The topological polar surface area (TPSA) is 37.3 Å². The molecule has 0 aromatic heterocycles. The number of alkyl halides is 7. The number of carbonyl (C=O) groups is 1. The third-order valence-corrected chi connectivity index (χ3v) is 3.94. The Labute approximate surface area is 108 Å². The first kappa shape index (κ1) is 15.1. The van der Waals surface area contributed by atoms with Crippen molar-refractivity contribution < 1.29 is 40.6 Å². The number of hydrogen-bond acceptors (Lipinski definition) is 1. The molecule has 0 saturated heterocycles. The summed E-state index contributed by atoms with van der Waals surface area (Å²) in [4.78, 5) is 10.9. The standard InChI is InChI=1S/C11H9F7O2/c12-9(13,10(14,15)11(16,17)18)7-5-2-1-4(3-5)6(7)8(19)20/h1-2,4-7H,3H2,(H,19,20)/t4-,5+,6-,7-/m1/s1. The van der Waals surface area contributed by atoms with Crippen molar-refractivity contribution in [3.05, 3.63) is 12.2 Å². The van der Waals surface area contributed by atoms with Gasteiger partial charge >= 0.3 is 24.0 Å². The molecule has 4 atom stereocenters. The van der Waals surface area contributed by atoms with Crippen LogP contribution in [0.4, 0.5) is 30.7 Å². The zero-order valence-electron chi connectivity index (χ0n) is 9.67. The Balaban J connectivity index is 2.43. The number of carboxylic acid groups (broad SMARTS) is 1. The van der Waals surface area contributed by atoms with Crippen LogP contribution in [-0.2, 0) is 4.79 Å². The molecule has 1 fully saturated rings. The van der Waals surface area contributed by atoms with Gasteiger partial charge in [0.15, 0.2) is 0 Å². The predicted octanol–water partition coefficient (Wildman–Crippen LogP) is 3.34. The van der Waals surface area contributed by atoms with Gasteiger partial charge in [-0.25, -0.2) is 0 Å². The van der Waals surface area contributed by atoms with Gasteiger partial charge in [0, 0.05) is 5.92 Å². The lowest BCUT2D eigenvalue weighted by Crippen LogP contribution is -2.58. The summed E-state index contributed by atoms with van der Waals surface area (Å²) in [5.41, 5.74) is 0. The number of rotatable bonds is 3. The van der Waals surface area contributed by atoms with Gasteiger partial charge in [0.2, 0.25) is 0 Å². The molecule has 9 heteroatoms. The lowest BCUT2D eigenvalue weighted by atomic mass is 9.76. The van der Waals surface area contributed by atoms with Crippen molar-refractivity contribution in [2.75, 3.05) is 0 Å².